The Morgan fingerprint density at radius 2 is 1.38 bits per heavy atom. The molecular formula is C28H22FN3O7. The van der Waals surface area contributed by atoms with Gasteiger partial charge in [0.2, 0.25) is 0 Å². The van der Waals surface area contributed by atoms with Crippen molar-refractivity contribution < 1.29 is 37.5 Å². The van der Waals surface area contributed by atoms with Gasteiger partial charge in [0.05, 0.1) is 6.61 Å². The fourth-order valence-electron chi connectivity index (χ4n) is 3.93. The van der Waals surface area contributed by atoms with Gasteiger partial charge >= 0.3 is 6.03 Å². The fourth-order valence-corrected chi connectivity index (χ4v) is 3.93. The summed E-state index contributed by atoms with van der Waals surface area (Å²) in [4.78, 5) is 36.6. The zero-order chi connectivity index (χ0) is 27.4. The van der Waals surface area contributed by atoms with Gasteiger partial charge < -0.3 is 18.7 Å². The second-order valence-corrected chi connectivity index (χ2v) is 8.59. The van der Waals surface area contributed by atoms with Crippen LogP contribution in [0.15, 0.2) is 83.4 Å². The third-order valence-corrected chi connectivity index (χ3v) is 5.99. The molecular weight excluding hydrogens is 509 g/mol. The number of amides is 4. The smallest absolute Gasteiger partial charge is 0.328 e. The molecule has 39 heavy (non-hydrogen) atoms. The average Bonchev–Trinajstić information content (AvgIpc) is 3.42. The van der Waals surface area contributed by atoms with Crippen molar-refractivity contribution in [3.63, 3.8) is 0 Å². The molecule has 4 aromatic rings. The number of carbonyl (C=O) groups excluding carboxylic acids is 3. The quantitative estimate of drug-likeness (QED) is 0.303. The highest BCUT2D eigenvalue weighted by Crippen LogP contribution is 2.31. The first-order valence-corrected chi connectivity index (χ1v) is 11.8. The SMILES string of the molecule is COCCC1(Oc2ccc(Oc3ccc(-c4cc(-c5ccc(F)cc5)no4)cc3)cc2)C(=O)NC(=O)NC1=O. The predicted octanol–water partition coefficient (Wildman–Crippen LogP) is 4.46. The Kier molecular flexibility index (Phi) is 7.06. The van der Waals surface area contributed by atoms with Crippen molar-refractivity contribution in [2.75, 3.05) is 13.7 Å². The standard InChI is InChI=1S/C28H22FN3O7/c1-36-15-14-28(25(33)30-27(35)31-26(28)34)38-22-12-10-21(11-13-22)37-20-8-4-18(5-9-20)24-16-23(32-39-24)17-2-6-19(29)7-3-17/h2-13,16H,14-15H2,1H3,(H2,30,31,33,34,35). The molecule has 1 aliphatic heterocycles. The van der Waals surface area contributed by atoms with Gasteiger partial charge in [0.15, 0.2) is 5.76 Å². The van der Waals surface area contributed by atoms with Crippen molar-refractivity contribution >= 4 is 17.8 Å². The van der Waals surface area contributed by atoms with Crippen LogP contribution in [0.1, 0.15) is 6.42 Å². The number of imide groups is 2. The molecule has 1 aromatic heterocycles. The summed E-state index contributed by atoms with van der Waals surface area (Å²) in [6, 6.07) is 20.3. The first kappa shape index (κ1) is 25.6. The van der Waals surface area contributed by atoms with Crippen LogP contribution >= 0.6 is 0 Å². The van der Waals surface area contributed by atoms with E-state index in [0.29, 0.717) is 23.0 Å². The molecule has 0 aliphatic carbocycles. The molecule has 0 saturated carbocycles. The topological polar surface area (TPSA) is 129 Å². The number of nitrogens with zero attached hydrogens (tertiary/aromatic N) is 1. The third kappa shape index (κ3) is 5.48. The fraction of sp³-hybridized carbons (Fsp3) is 0.143. The van der Waals surface area contributed by atoms with Crippen LogP contribution in [0.2, 0.25) is 0 Å². The molecule has 10 nitrogen and oxygen atoms in total. The molecule has 2 N–H and O–H groups in total. The van der Waals surface area contributed by atoms with Gasteiger partial charge in [0.1, 0.15) is 28.8 Å². The molecule has 0 spiro atoms. The van der Waals surface area contributed by atoms with Gasteiger partial charge in [0.25, 0.3) is 17.4 Å². The Morgan fingerprint density at radius 3 is 2.00 bits per heavy atom. The lowest BCUT2D eigenvalue weighted by Gasteiger charge is -2.34. The number of nitrogens with one attached hydrogen (secondary N) is 2. The van der Waals surface area contributed by atoms with Crippen LogP contribution in [0.25, 0.3) is 22.6 Å². The third-order valence-electron chi connectivity index (χ3n) is 5.99. The van der Waals surface area contributed by atoms with Gasteiger partial charge in [-0.05, 0) is 72.8 Å². The number of rotatable bonds is 9. The number of hydrogen-bond donors (Lipinski definition) is 2. The molecule has 5 rings (SSSR count). The number of aromatic nitrogens is 1. The molecule has 1 saturated heterocycles. The van der Waals surface area contributed by atoms with Crippen LogP contribution < -0.4 is 20.1 Å². The van der Waals surface area contributed by atoms with E-state index in [1.54, 1.807) is 54.6 Å². The predicted molar refractivity (Wildman–Crippen MR) is 135 cm³/mol. The number of benzene rings is 3. The molecule has 4 amide bonds. The first-order chi connectivity index (χ1) is 18.9. The second kappa shape index (κ2) is 10.8. The summed E-state index contributed by atoms with van der Waals surface area (Å²) < 4.78 is 35.3. The van der Waals surface area contributed by atoms with Gasteiger partial charge in [-0.15, -0.1) is 0 Å². The van der Waals surface area contributed by atoms with E-state index in [4.69, 9.17) is 18.7 Å². The number of hydrogen-bond acceptors (Lipinski definition) is 8. The number of halogens is 1. The summed E-state index contributed by atoms with van der Waals surface area (Å²) in [5.74, 6) is -0.278. The molecule has 0 bridgehead atoms. The lowest BCUT2D eigenvalue weighted by Crippen LogP contribution is -2.69. The zero-order valence-electron chi connectivity index (χ0n) is 20.6. The number of barbiturate groups is 1. The maximum Gasteiger partial charge on any atom is 0.328 e. The Labute approximate surface area is 221 Å². The van der Waals surface area contributed by atoms with E-state index < -0.39 is 23.4 Å². The summed E-state index contributed by atoms with van der Waals surface area (Å²) in [5.41, 5.74) is 0.142. The van der Waals surface area contributed by atoms with Crippen molar-refractivity contribution in [2.45, 2.75) is 12.0 Å². The lowest BCUT2D eigenvalue weighted by molar-refractivity contribution is -0.153. The summed E-state index contributed by atoms with van der Waals surface area (Å²) in [7, 11) is 1.42. The Balaban J connectivity index is 1.25. The Bertz CT molecular complexity index is 1480. The highest BCUT2D eigenvalue weighted by Gasteiger charge is 2.52. The second-order valence-electron chi connectivity index (χ2n) is 8.59. The molecule has 3 aromatic carbocycles. The van der Waals surface area contributed by atoms with E-state index in [0.717, 1.165) is 11.1 Å². The summed E-state index contributed by atoms with van der Waals surface area (Å²) >= 11 is 0. The van der Waals surface area contributed by atoms with Crippen LogP contribution in [0, 0.1) is 5.82 Å². The van der Waals surface area contributed by atoms with E-state index in [-0.39, 0.29) is 24.6 Å². The maximum absolute atomic E-state index is 13.2. The highest BCUT2D eigenvalue weighted by molar-refractivity contribution is 6.21. The minimum atomic E-state index is -1.96. The van der Waals surface area contributed by atoms with Crippen LogP contribution in [0.4, 0.5) is 9.18 Å². The molecule has 0 unspecified atom stereocenters. The highest BCUT2D eigenvalue weighted by atomic mass is 19.1. The van der Waals surface area contributed by atoms with Gasteiger partial charge in [-0.25, -0.2) is 9.18 Å². The van der Waals surface area contributed by atoms with Crippen molar-refractivity contribution in [1.29, 1.82) is 0 Å². The number of carbonyl (C=O) groups is 3. The molecule has 0 radical (unpaired) electrons. The summed E-state index contributed by atoms with van der Waals surface area (Å²) in [6.07, 6.45) is -0.102. The molecule has 11 heteroatoms. The van der Waals surface area contributed by atoms with E-state index >= 15 is 0 Å². The summed E-state index contributed by atoms with van der Waals surface area (Å²) in [6.45, 7) is 0.0494. The number of urea groups is 1. The monoisotopic (exact) mass is 531 g/mol. The van der Waals surface area contributed by atoms with Crippen molar-refractivity contribution in [1.82, 2.24) is 15.8 Å². The van der Waals surface area contributed by atoms with Crippen molar-refractivity contribution in [3.05, 3.63) is 84.7 Å². The van der Waals surface area contributed by atoms with Gasteiger partial charge in [-0.2, -0.15) is 0 Å². The summed E-state index contributed by atoms with van der Waals surface area (Å²) in [5, 5.41) is 8.18. The van der Waals surface area contributed by atoms with Crippen LogP contribution in [0.5, 0.6) is 17.2 Å². The minimum absolute atomic E-state index is 0.0494. The first-order valence-electron chi connectivity index (χ1n) is 11.8. The number of ether oxygens (including phenoxy) is 3. The molecule has 1 fully saturated rings. The van der Waals surface area contributed by atoms with E-state index in [2.05, 4.69) is 15.8 Å². The van der Waals surface area contributed by atoms with E-state index in [1.165, 1.54) is 19.2 Å². The Hall–Kier alpha value is -5.03. The van der Waals surface area contributed by atoms with E-state index in [1.807, 2.05) is 12.1 Å². The van der Waals surface area contributed by atoms with Crippen molar-refractivity contribution in [3.8, 4) is 39.8 Å². The maximum atomic E-state index is 13.2. The lowest BCUT2D eigenvalue weighted by atomic mass is 9.95. The van der Waals surface area contributed by atoms with Gasteiger partial charge in [-0.1, -0.05) is 5.16 Å². The largest absolute Gasteiger partial charge is 0.467 e. The van der Waals surface area contributed by atoms with Crippen molar-refractivity contribution in [2.24, 2.45) is 0 Å². The molecule has 1 aliphatic rings. The van der Waals surface area contributed by atoms with Gasteiger partial charge in [0, 0.05) is 30.7 Å². The van der Waals surface area contributed by atoms with Crippen LogP contribution in [-0.2, 0) is 14.3 Å². The molecule has 2 heterocycles. The zero-order valence-corrected chi connectivity index (χ0v) is 20.6. The number of methoxy groups -OCH3 is 1. The normalized spacial score (nSPS) is 14.5. The minimum Gasteiger partial charge on any atom is -0.467 e. The van der Waals surface area contributed by atoms with Crippen LogP contribution in [-0.4, -0.2) is 42.3 Å². The Morgan fingerprint density at radius 1 is 0.821 bits per heavy atom. The van der Waals surface area contributed by atoms with Crippen LogP contribution in [0.3, 0.4) is 0 Å². The average molecular weight is 531 g/mol. The van der Waals surface area contributed by atoms with E-state index in [9.17, 15) is 18.8 Å². The molecule has 0 atom stereocenters. The van der Waals surface area contributed by atoms with Gasteiger partial charge in [-0.3, -0.25) is 20.2 Å². The molecule has 198 valence electrons.